The van der Waals surface area contributed by atoms with Crippen molar-refractivity contribution in [3.63, 3.8) is 0 Å². The molecule has 0 saturated carbocycles. The highest BCUT2D eigenvalue weighted by Gasteiger charge is 2.21. The van der Waals surface area contributed by atoms with E-state index in [1.807, 2.05) is 13.8 Å². The molecule has 0 atom stereocenters. The van der Waals surface area contributed by atoms with Gasteiger partial charge < -0.3 is 14.6 Å². The Morgan fingerprint density at radius 3 is 1.87 bits per heavy atom. The van der Waals surface area contributed by atoms with Crippen LogP contribution in [-0.4, -0.2) is 30.3 Å². The highest BCUT2D eigenvalue weighted by atomic mass is 16.6. The summed E-state index contributed by atoms with van der Waals surface area (Å²) >= 11 is 0. The molecule has 1 rings (SSSR count). The standard InChI is InChI=1S/C18H24O5/c1-3-5-11-22-17(20)16(18(21)23-12-6-4-2)13-14-7-9-15(19)10-8-14/h7-10,13,19H,3-6,11-12H2,1-2H3. The number of rotatable bonds is 9. The average molecular weight is 320 g/mol. The summed E-state index contributed by atoms with van der Waals surface area (Å²) in [7, 11) is 0. The van der Waals surface area contributed by atoms with E-state index >= 15 is 0 Å². The van der Waals surface area contributed by atoms with Gasteiger partial charge in [-0.2, -0.15) is 0 Å². The van der Waals surface area contributed by atoms with Crippen LogP contribution in [0.1, 0.15) is 45.1 Å². The van der Waals surface area contributed by atoms with Gasteiger partial charge in [0.25, 0.3) is 0 Å². The minimum atomic E-state index is -0.687. The van der Waals surface area contributed by atoms with Gasteiger partial charge in [-0.05, 0) is 36.6 Å². The average Bonchev–Trinajstić information content (AvgIpc) is 2.54. The molecule has 1 N–H and O–H groups in total. The number of unbranched alkanes of at least 4 members (excludes halogenated alkanes) is 2. The smallest absolute Gasteiger partial charge is 0.345 e. The Hall–Kier alpha value is -2.30. The Kier molecular flexibility index (Phi) is 8.50. The molecule has 23 heavy (non-hydrogen) atoms. The van der Waals surface area contributed by atoms with Gasteiger partial charge in [-0.25, -0.2) is 9.59 Å². The maximum atomic E-state index is 12.1. The number of esters is 2. The third kappa shape index (κ3) is 7.00. The summed E-state index contributed by atoms with van der Waals surface area (Å²) in [5, 5.41) is 9.29. The van der Waals surface area contributed by atoms with Gasteiger partial charge >= 0.3 is 11.9 Å². The summed E-state index contributed by atoms with van der Waals surface area (Å²) in [6.45, 7) is 4.51. The highest BCUT2D eigenvalue weighted by Crippen LogP contribution is 2.15. The summed E-state index contributed by atoms with van der Waals surface area (Å²) in [6, 6.07) is 6.17. The van der Waals surface area contributed by atoms with Crippen molar-refractivity contribution in [1.82, 2.24) is 0 Å². The van der Waals surface area contributed by atoms with Crippen molar-refractivity contribution in [3.8, 4) is 5.75 Å². The van der Waals surface area contributed by atoms with E-state index in [0.717, 1.165) is 25.7 Å². The van der Waals surface area contributed by atoms with Gasteiger partial charge in [0.05, 0.1) is 13.2 Å². The van der Waals surface area contributed by atoms with E-state index in [1.165, 1.54) is 18.2 Å². The molecule has 5 heteroatoms. The number of phenols is 1. The van der Waals surface area contributed by atoms with Crippen LogP contribution in [-0.2, 0) is 19.1 Å². The van der Waals surface area contributed by atoms with Gasteiger partial charge in [-0.15, -0.1) is 0 Å². The molecular formula is C18H24O5. The number of carbonyl (C=O) groups is 2. The quantitative estimate of drug-likeness (QED) is 0.248. The van der Waals surface area contributed by atoms with Crippen molar-refractivity contribution in [2.45, 2.75) is 39.5 Å². The number of benzene rings is 1. The first kappa shape index (κ1) is 18.7. The van der Waals surface area contributed by atoms with Crippen molar-refractivity contribution >= 4 is 18.0 Å². The monoisotopic (exact) mass is 320 g/mol. The number of carbonyl (C=O) groups excluding carboxylic acids is 2. The third-order valence-corrected chi connectivity index (χ3v) is 3.11. The Bertz CT molecular complexity index is 507. The lowest BCUT2D eigenvalue weighted by Gasteiger charge is -2.09. The zero-order chi connectivity index (χ0) is 17.1. The van der Waals surface area contributed by atoms with Gasteiger partial charge in [0, 0.05) is 0 Å². The van der Waals surface area contributed by atoms with Crippen LogP contribution >= 0.6 is 0 Å². The molecule has 0 fully saturated rings. The highest BCUT2D eigenvalue weighted by molar-refractivity contribution is 6.17. The van der Waals surface area contributed by atoms with Crippen molar-refractivity contribution < 1.29 is 24.2 Å². The third-order valence-electron chi connectivity index (χ3n) is 3.11. The van der Waals surface area contributed by atoms with Crippen LogP contribution in [0.3, 0.4) is 0 Å². The van der Waals surface area contributed by atoms with Crippen LogP contribution in [0.15, 0.2) is 29.8 Å². The molecular weight excluding hydrogens is 296 g/mol. The molecule has 0 heterocycles. The van der Waals surface area contributed by atoms with Gasteiger partial charge in [0.2, 0.25) is 0 Å². The second-order valence-corrected chi connectivity index (χ2v) is 5.13. The fraction of sp³-hybridized carbons (Fsp3) is 0.444. The Labute approximate surface area is 136 Å². The zero-order valence-electron chi connectivity index (χ0n) is 13.7. The summed E-state index contributed by atoms with van der Waals surface area (Å²) < 4.78 is 10.2. The fourth-order valence-electron chi connectivity index (χ4n) is 1.71. The van der Waals surface area contributed by atoms with E-state index < -0.39 is 11.9 Å². The molecule has 5 nitrogen and oxygen atoms in total. The predicted molar refractivity (Wildman–Crippen MR) is 87.8 cm³/mol. The molecule has 0 spiro atoms. The predicted octanol–water partition coefficient (Wildman–Crippen LogP) is 3.46. The minimum Gasteiger partial charge on any atom is -0.508 e. The van der Waals surface area contributed by atoms with Crippen LogP contribution in [0.5, 0.6) is 5.75 Å². The number of hydrogen-bond donors (Lipinski definition) is 1. The number of phenolic OH excluding ortho intramolecular Hbond substituents is 1. The molecule has 0 aliphatic heterocycles. The van der Waals surface area contributed by atoms with Crippen molar-refractivity contribution in [3.05, 3.63) is 35.4 Å². The molecule has 0 unspecified atom stereocenters. The molecule has 0 saturated heterocycles. The number of aromatic hydroxyl groups is 1. The van der Waals surface area contributed by atoms with Crippen LogP contribution in [0, 0.1) is 0 Å². The summed E-state index contributed by atoms with van der Waals surface area (Å²) in [5.41, 5.74) is 0.473. The van der Waals surface area contributed by atoms with Crippen LogP contribution in [0.4, 0.5) is 0 Å². The van der Waals surface area contributed by atoms with E-state index in [4.69, 9.17) is 9.47 Å². The van der Waals surface area contributed by atoms with Gasteiger partial charge in [-0.3, -0.25) is 0 Å². The number of hydrogen-bond acceptors (Lipinski definition) is 5. The summed E-state index contributed by atoms with van der Waals surface area (Å²) in [4.78, 5) is 24.2. The Morgan fingerprint density at radius 2 is 1.43 bits per heavy atom. The van der Waals surface area contributed by atoms with Gasteiger partial charge in [-0.1, -0.05) is 38.8 Å². The Balaban J connectivity index is 2.88. The molecule has 126 valence electrons. The molecule has 0 aliphatic rings. The van der Waals surface area contributed by atoms with Crippen molar-refractivity contribution in [2.75, 3.05) is 13.2 Å². The lowest BCUT2D eigenvalue weighted by atomic mass is 10.1. The lowest BCUT2D eigenvalue weighted by molar-refractivity contribution is -0.147. The molecule has 0 aromatic heterocycles. The zero-order valence-corrected chi connectivity index (χ0v) is 13.7. The second-order valence-electron chi connectivity index (χ2n) is 5.13. The van der Waals surface area contributed by atoms with E-state index in [2.05, 4.69) is 0 Å². The Morgan fingerprint density at radius 1 is 0.957 bits per heavy atom. The molecule has 0 amide bonds. The molecule has 0 radical (unpaired) electrons. The van der Waals surface area contributed by atoms with E-state index in [0.29, 0.717) is 5.56 Å². The lowest BCUT2D eigenvalue weighted by Crippen LogP contribution is -2.19. The van der Waals surface area contributed by atoms with Crippen LogP contribution in [0.2, 0.25) is 0 Å². The minimum absolute atomic E-state index is 0.111. The van der Waals surface area contributed by atoms with Crippen LogP contribution < -0.4 is 0 Å². The van der Waals surface area contributed by atoms with Gasteiger partial charge in [0.15, 0.2) is 0 Å². The molecule has 0 aliphatic carbocycles. The topological polar surface area (TPSA) is 72.8 Å². The van der Waals surface area contributed by atoms with Crippen molar-refractivity contribution in [1.29, 1.82) is 0 Å². The summed E-state index contributed by atoms with van der Waals surface area (Å²) in [5.74, 6) is -1.26. The normalized spacial score (nSPS) is 10.0. The fourth-order valence-corrected chi connectivity index (χ4v) is 1.71. The molecule has 1 aromatic rings. The van der Waals surface area contributed by atoms with Crippen LogP contribution in [0.25, 0.3) is 6.08 Å². The largest absolute Gasteiger partial charge is 0.508 e. The first-order valence-electron chi connectivity index (χ1n) is 7.93. The van der Waals surface area contributed by atoms with Crippen molar-refractivity contribution in [2.24, 2.45) is 0 Å². The second kappa shape index (κ2) is 10.4. The number of ether oxygens (including phenoxy) is 2. The first-order valence-corrected chi connectivity index (χ1v) is 7.93. The maximum Gasteiger partial charge on any atom is 0.345 e. The molecule has 0 bridgehead atoms. The SMILES string of the molecule is CCCCOC(=O)C(=Cc1ccc(O)cc1)C(=O)OCCCC. The summed E-state index contributed by atoms with van der Waals surface area (Å²) in [6.07, 6.45) is 4.69. The van der Waals surface area contributed by atoms with E-state index in [9.17, 15) is 14.7 Å². The molecule has 1 aromatic carbocycles. The first-order chi connectivity index (χ1) is 11.1. The van der Waals surface area contributed by atoms with E-state index in [1.54, 1.807) is 12.1 Å². The maximum absolute atomic E-state index is 12.1. The van der Waals surface area contributed by atoms with E-state index in [-0.39, 0.29) is 24.5 Å². The van der Waals surface area contributed by atoms with Gasteiger partial charge in [0.1, 0.15) is 11.3 Å².